The molecule has 2 N–H and O–H groups in total. The first-order valence-corrected chi connectivity index (χ1v) is 7.53. The van der Waals surface area contributed by atoms with E-state index in [1.807, 2.05) is 27.7 Å². The van der Waals surface area contributed by atoms with E-state index in [-0.39, 0.29) is 23.5 Å². The molecule has 104 valence electrons. The number of aromatic amines is 1. The van der Waals surface area contributed by atoms with Gasteiger partial charge in [0, 0.05) is 24.5 Å². The Labute approximate surface area is 109 Å². The molecule has 0 spiro atoms. The monoisotopic (exact) mass is 274 g/mol. The molecule has 0 amide bonds. The molecular weight excluding hydrogens is 252 g/mol. The van der Waals surface area contributed by atoms with Crippen LogP contribution in [0.3, 0.4) is 0 Å². The molecule has 1 aromatic heterocycles. The maximum Gasteiger partial charge on any atom is 0.244 e. The van der Waals surface area contributed by atoms with Gasteiger partial charge in [0.2, 0.25) is 10.0 Å². The zero-order valence-electron chi connectivity index (χ0n) is 11.3. The average Bonchev–Trinajstić information content (AvgIpc) is 2.74. The van der Waals surface area contributed by atoms with Crippen LogP contribution < -0.4 is 0 Å². The van der Waals surface area contributed by atoms with Crippen molar-refractivity contribution in [3.8, 4) is 0 Å². The molecule has 0 aliphatic carbocycles. The molecule has 0 radical (unpaired) electrons. The second-order valence-electron chi connectivity index (χ2n) is 5.08. The van der Waals surface area contributed by atoms with E-state index in [9.17, 15) is 8.42 Å². The van der Waals surface area contributed by atoms with Gasteiger partial charge >= 0.3 is 0 Å². The van der Waals surface area contributed by atoms with Gasteiger partial charge in [-0.1, -0.05) is 13.8 Å². The number of nitrogens with one attached hydrogen (secondary N) is 1. The summed E-state index contributed by atoms with van der Waals surface area (Å²) >= 11 is 0. The molecule has 0 saturated heterocycles. The number of sulfonamides is 1. The Bertz CT molecular complexity index is 477. The third-order valence-corrected chi connectivity index (χ3v) is 4.63. The highest BCUT2D eigenvalue weighted by Gasteiger charge is 2.28. The van der Waals surface area contributed by atoms with Gasteiger partial charge in [0.15, 0.2) is 0 Å². The maximum absolute atomic E-state index is 12.5. The lowest BCUT2D eigenvalue weighted by atomic mass is 10.2. The Morgan fingerprint density at radius 1 is 1.33 bits per heavy atom. The minimum absolute atomic E-state index is 0.0927. The van der Waals surface area contributed by atoms with Crippen LogP contribution in [-0.2, 0) is 16.6 Å². The van der Waals surface area contributed by atoms with Gasteiger partial charge in [0.25, 0.3) is 0 Å². The maximum atomic E-state index is 12.5. The van der Waals surface area contributed by atoms with Crippen LogP contribution in [0.5, 0.6) is 0 Å². The normalized spacial score (nSPS) is 12.9. The Balaban J connectivity index is 3.08. The highest BCUT2D eigenvalue weighted by Crippen LogP contribution is 2.20. The minimum Gasteiger partial charge on any atom is -0.390 e. The Morgan fingerprint density at radius 2 is 1.94 bits per heavy atom. The largest absolute Gasteiger partial charge is 0.390 e. The van der Waals surface area contributed by atoms with Crippen LogP contribution in [0.2, 0.25) is 0 Å². The number of hydrogen-bond donors (Lipinski definition) is 2. The number of H-pyrrole nitrogens is 1. The molecule has 0 aliphatic rings. The van der Waals surface area contributed by atoms with Gasteiger partial charge in [0.05, 0.1) is 11.5 Å². The van der Waals surface area contributed by atoms with E-state index in [1.54, 1.807) is 0 Å². The number of aliphatic hydroxyl groups excluding tert-OH is 1. The van der Waals surface area contributed by atoms with Crippen molar-refractivity contribution >= 4 is 10.0 Å². The fourth-order valence-corrected chi connectivity index (χ4v) is 3.56. The van der Waals surface area contributed by atoms with E-state index in [0.29, 0.717) is 12.2 Å². The molecule has 1 heterocycles. The minimum atomic E-state index is -3.49. The first kappa shape index (κ1) is 15.2. The predicted octanol–water partition coefficient (Wildman–Crippen LogP) is 1.56. The van der Waals surface area contributed by atoms with Gasteiger partial charge in [-0.3, -0.25) is 0 Å². The zero-order valence-corrected chi connectivity index (χ0v) is 12.2. The number of nitrogens with zero attached hydrogens (tertiary/aromatic N) is 1. The van der Waals surface area contributed by atoms with E-state index >= 15 is 0 Å². The Hall–Kier alpha value is -0.850. The van der Waals surface area contributed by atoms with Crippen molar-refractivity contribution in [2.45, 2.75) is 45.2 Å². The SMILES string of the molecule is CC(C)CN(C(C)C)S(=O)(=O)c1c[nH]c(CO)c1. The van der Waals surface area contributed by atoms with Crippen LogP contribution >= 0.6 is 0 Å². The van der Waals surface area contributed by atoms with Crippen molar-refractivity contribution in [1.82, 2.24) is 9.29 Å². The van der Waals surface area contributed by atoms with Crippen molar-refractivity contribution in [1.29, 1.82) is 0 Å². The van der Waals surface area contributed by atoms with E-state index in [0.717, 1.165) is 0 Å². The predicted molar refractivity (Wildman–Crippen MR) is 70.6 cm³/mol. The first-order valence-electron chi connectivity index (χ1n) is 6.09. The fraction of sp³-hybridized carbons (Fsp3) is 0.667. The van der Waals surface area contributed by atoms with Gasteiger partial charge in [-0.15, -0.1) is 0 Å². The molecule has 6 heteroatoms. The summed E-state index contributed by atoms with van der Waals surface area (Å²) in [5.41, 5.74) is 0.502. The summed E-state index contributed by atoms with van der Waals surface area (Å²) in [5.74, 6) is 0.262. The van der Waals surface area contributed by atoms with Crippen LogP contribution in [0.1, 0.15) is 33.4 Å². The van der Waals surface area contributed by atoms with E-state index in [1.165, 1.54) is 16.6 Å². The molecule has 0 aromatic carbocycles. The lowest BCUT2D eigenvalue weighted by Gasteiger charge is -2.27. The van der Waals surface area contributed by atoms with Crippen LogP contribution in [-0.4, -0.2) is 35.4 Å². The van der Waals surface area contributed by atoms with Gasteiger partial charge in [-0.2, -0.15) is 4.31 Å². The molecule has 0 fully saturated rings. The summed E-state index contributed by atoms with van der Waals surface area (Å²) in [6, 6.07) is 1.38. The van der Waals surface area contributed by atoms with E-state index < -0.39 is 10.0 Å². The van der Waals surface area contributed by atoms with Crippen molar-refractivity contribution in [3.63, 3.8) is 0 Å². The second kappa shape index (κ2) is 5.86. The van der Waals surface area contributed by atoms with Gasteiger partial charge in [0.1, 0.15) is 0 Å². The van der Waals surface area contributed by atoms with Crippen molar-refractivity contribution in [2.75, 3.05) is 6.54 Å². The molecule has 0 atom stereocenters. The molecular formula is C12H22N2O3S. The van der Waals surface area contributed by atoms with E-state index in [4.69, 9.17) is 5.11 Å². The summed E-state index contributed by atoms with van der Waals surface area (Å²) in [6.07, 6.45) is 1.43. The Morgan fingerprint density at radius 3 is 2.33 bits per heavy atom. The summed E-state index contributed by atoms with van der Waals surface area (Å²) in [4.78, 5) is 2.96. The topological polar surface area (TPSA) is 73.4 Å². The molecule has 1 rings (SSSR count). The van der Waals surface area contributed by atoms with Crippen LogP contribution in [0.15, 0.2) is 17.2 Å². The molecule has 5 nitrogen and oxygen atoms in total. The average molecular weight is 274 g/mol. The van der Waals surface area contributed by atoms with Crippen molar-refractivity contribution in [3.05, 3.63) is 18.0 Å². The molecule has 0 aliphatic heterocycles. The summed E-state index contributed by atoms with van der Waals surface area (Å²) in [7, 11) is -3.49. The molecule has 1 aromatic rings. The quantitative estimate of drug-likeness (QED) is 0.827. The summed E-state index contributed by atoms with van der Waals surface area (Å²) in [6.45, 7) is 7.99. The van der Waals surface area contributed by atoms with Crippen molar-refractivity contribution < 1.29 is 13.5 Å². The second-order valence-corrected chi connectivity index (χ2v) is 6.97. The highest BCUT2D eigenvalue weighted by molar-refractivity contribution is 7.89. The number of hydrogen-bond acceptors (Lipinski definition) is 3. The standard InChI is InChI=1S/C12H22N2O3S/c1-9(2)7-14(10(3)4)18(16,17)12-5-11(8-15)13-6-12/h5-6,9-10,13,15H,7-8H2,1-4H3. The number of aromatic nitrogens is 1. The van der Waals surface area contributed by atoms with Gasteiger partial charge < -0.3 is 10.1 Å². The van der Waals surface area contributed by atoms with Gasteiger partial charge in [-0.05, 0) is 25.8 Å². The molecule has 0 bridgehead atoms. The third kappa shape index (κ3) is 3.34. The summed E-state index contributed by atoms with van der Waals surface area (Å²) < 4.78 is 26.4. The zero-order chi connectivity index (χ0) is 13.9. The lowest BCUT2D eigenvalue weighted by Crippen LogP contribution is -2.39. The molecule has 0 unspecified atom stereocenters. The van der Waals surface area contributed by atoms with Crippen LogP contribution in [0, 0.1) is 5.92 Å². The number of aliphatic hydroxyl groups is 1. The first-order chi connectivity index (χ1) is 8.28. The third-order valence-electron chi connectivity index (χ3n) is 2.61. The summed E-state index contributed by atoms with van der Waals surface area (Å²) in [5, 5.41) is 8.97. The van der Waals surface area contributed by atoms with E-state index in [2.05, 4.69) is 4.98 Å². The smallest absolute Gasteiger partial charge is 0.244 e. The molecule has 18 heavy (non-hydrogen) atoms. The highest BCUT2D eigenvalue weighted by atomic mass is 32.2. The fourth-order valence-electron chi connectivity index (χ4n) is 1.74. The molecule has 0 saturated carbocycles. The van der Waals surface area contributed by atoms with Crippen molar-refractivity contribution in [2.24, 2.45) is 5.92 Å². The Kier molecular flexibility index (Phi) is 4.95. The van der Waals surface area contributed by atoms with Crippen LogP contribution in [0.25, 0.3) is 0 Å². The van der Waals surface area contributed by atoms with Crippen LogP contribution in [0.4, 0.5) is 0 Å². The lowest BCUT2D eigenvalue weighted by molar-refractivity contribution is 0.277. The van der Waals surface area contributed by atoms with Gasteiger partial charge in [-0.25, -0.2) is 8.42 Å². The number of rotatable bonds is 6.